The van der Waals surface area contributed by atoms with Gasteiger partial charge in [0.25, 0.3) is 0 Å². The average molecular weight is 236 g/mol. The summed E-state index contributed by atoms with van der Waals surface area (Å²) in [6.07, 6.45) is 0.459. The summed E-state index contributed by atoms with van der Waals surface area (Å²) in [4.78, 5) is 2.21. The van der Waals surface area contributed by atoms with Crippen LogP contribution in [0.15, 0.2) is 12.1 Å². The molecule has 1 aliphatic heterocycles. The van der Waals surface area contributed by atoms with Crippen LogP contribution in [0.4, 0.5) is 5.69 Å². The molecule has 0 radical (unpaired) electrons. The molecule has 94 valence electrons. The van der Waals surface area contributed by atoms with Crippen molar-refractivity contribution in [2.45, 2.75) is 12.5 Å². The Bertz CT molecular complexity index is 407. The highest BCUT2D eigenvalue weighted by molar-refractivity contribution is 5.65. The van der Waals surface area contributed by atoms with Crippen LogP contribution in [0.3, 0.4) is 0 Å². The number of aliphatic hydroxyl groups is 1. The number of nitrogens with zero attached hydrogens (tertiary/aromatic N) is 1. The number of nitrogens with one attached hydrogen (secondary N) is 1. The van der Waals surface area contributed by atoms with Crippen LogP contribution in [0.1, 0.15) is 17.2 Å². The maximum Gasteiger partial charge on any atom is 0.130 e. The van der Waals surface area contributed by atoms with E-state index in [-0.39, 0.29) is 0 Å². The molecule has 1 aliphatic rings. The molecule has 1 aromatic carbocycles. The summed E-state index contributed by atoms with van der Waals surface area (Å²) in [5, 5.41) is 13.1. The Hall–Kier alpha value is -1.26. The predicted molar refractivity (Wildman–Crippen MR) is 68.9 cm³/mol. The fourth-order valence-corrected chi connectivity index (χ4v) is 2.44. The molecule has 2 N–H and O–H groups in total. The fraction of sp³-hybridized carbons (Fsp3) is 0.538. The molecule has 0 bridgehead atoms. The molecule has 1 atom stereocenters. The number of fused-ring (bicyclic) bond motifs is 1. The zero-order chi connectivity index (χ0) is 12.4. The van der Waals surface area contributed by atoms with Gasteiger partial charge in [-0.25, -0.2) is 0 Å². The van der Waals surface area contributed by atoms with E-state index in [9.17, 15) is 5.11 Å². The lowest BCUT2D eigenvalue weighted by Crippen LogP contribution is -2.17. The first-order valence-electron chi connectivity index (χ1n) is 5.92. The zero-order valence-corrected chi connectivity index (χ0v) is 10.7. The van der Waals surface area contributed by atoms with Gasteiger partial charge < -0.3 is 20.1 Å². The number of likely N-dealkylation sites (N-methyl/N-ethyl adjacent to an activating group) is 2. The number of hydrogen-bond donors (Lipinski definition) is 2. The number of hydrogen-bond acceptors (Lipinski definition) is 4. The van der Waals surface area contributed by atoms with E-state index in [1.165, 1.54) is 11.3 Å². The molecule has 1 unspecified atom stereocenters. The molecule has 1 heterocycles. The third kappa shape index (κ3) is 2.10. The fourth-order valence-electron chi connectivity index (χ4n) is 2.44. The molecule has 0 spiro atoms. The van der Waals surface area contributed by atoms with Gasteiger partial charge in [0.05, 0.1) is 13.2 Å². The number of benzene rings is 1. The second kappa shape index (κ2) is 4.94. The van der Waals surface area contributed by atoms with Gasteiger partial charge in [-0.05, 0) is 19.5 Å². The van der Waals surface area contributed by atoms with E-state index in [0.717, 1.165) is 24.3 Å². The molecule has 0 saturated heterocycles. The largest absolute Gasteiger partial charge is 0.496 e. The summed E-state index contributed by atoms with van der Waals surface area (Å²) in [5.74, 6) is 0.842. The Labute approximate surface area is 102 Å². The van der Waals surface area contributed by atoms with Gasteiger partial charge in [0.1, 0.15) is 5.75 Å². The van der Waals surface area contributed by atoms with Crippen LogP contribution in [0.25, 0.3) is 0 Å². The van der Waals surface area contributed by atoms with Gasteiger partial charge in [0, 0.05) is 37.0 Å². The van der Waals surface area contributed by atoms with Crippen LogP contribution in [-0.4, -0.2) is 39.4 Å². The van der Waals surface area contributed by atoms with E-state index in [4.69, 9.17) is 4.74 Å². The third-order valence-electron chi connectivity index (χ3n) is 3.34. The minimum atomic E-state index is -0.522. The van der Waals surface area contributed by atoms with Crippen molar-refractivity contribution in [1.29, 1.82) is 0 Å². The quantitative estimate of drug-likeness (QED) is 0.816. The van der Waals surface area contributed by atoms with Crippen molar-refractivity contribution >= 4 is 5.69 Å². The number of ether oxygens (including phenoxy) is 1. The van der Waals surface area contributed by atoms with Crippen LogP contribution in [0, 0.1) is 0 Å². The van der Waals surface area contributed by atoms with E-state index < -0.39 is 6.10 Å². The summed E-state index contributed by atoms with van der Waals surface area (Å²) in [6, 6.07) is 4.03. The van der Waals surface area contributed by atoms with Gasteiger partial charge in [0.15, 0.2) is 0 Å². The first-order chi connectivity index (χ1) is 8.19. The van der Waals surface area contributed by atoms with Gasteiger partial charge in [-0.2, -0.15) is 0 Å². The van der Waals surface area contributed by atoms with Crippen LogP contribution in [0.5, 0.6) is 5.75 Å². The van der Waals surface area contributed by atoms with Gasteiger partial charge in [-0.3, -0.25) is 0 Å². The number of aliphatic hydroxyl groups excluding tert-OH is 1. The molecule has 0 amide bonds. The smallest absolute Gasteiger partial charge is 0.130 e. The summed E-state index contributed by atoms with van der Waals surface area (Å²) in [5.41, 5.74) is 3.29. The first-order valence-corrected chi connectivity index (χ1v) is 5.92. The normalized spacial score (nSPS) is 15.9. The molecule has 0 fully saturated rings. The lowest BCUT2D eigenvalue weighted by Gasteiger charge is -2.19. The second-order valence-corrected chi connectivity index (χ2v) is 4.43. The van der Waals surface area contributed by atoms with Crippen molar-refractivity contribution < 1.29 is 9.84 Å². The predicted octanol–water partition coefficient (Wildman–Crippen LogP) is 0.940. The van der Waals surface area contributed by atoms with E-state index >= 15 is 0 Å². The number of methoxy groups -OCH3 is 1. The highest BCUT2D eigenvalue weighted by atomic mass is 16.5. The Kier molecular flexibility index (Phi) is 3.54. The van der Waals surface area contributed by atoms with Crippen molar-refractivity contribution in [3.8, 4) is 5.75 Å². The van der Waals surface area contributed by atoms with Gasteiger partial charge in [0.2, 0.25) is 0 Å². The van der Waals surface area contributed by atoms with Crippen LogP contribution >= 0.6 is 0 Å². The Morgan fingerprint density at radius 3 is 2.94 bits per heavy atom. The van der Waals surface area contributed by atoms with Crippen molar-refractivity contribution in [3.63, 3.8) is 0 Å². The summed E-state index contributed by atoms with van der Waals surface area (Å²) in [7, 11) is 5.58. The number of rotatable bonds is 4. The first kappa shape index (κ1) is 12.2. The Morgan fingerprint density at radius 2 is 2.29 bits per heavy atom. The number of anilines is 1. The molecule has 0 saturated carbocycles. The highest BCUT2D eigenvalue weighted by Gasteiger charge is 2.24. The lowest BCUT2D eigenvalue weighted by atomic mass is 10.0. The Morgan fingerprint density at radius 1 is 1.53 bits per heavy atom. The highest BCUT2D eigenvalue weighted by Crippen LogP contribution is 2.39. The van der Waals surface area contributed by atoms with E-state index in [1.54, 1.807) is 7.11 Å². The molecular weight excluding hydrogens is 216 g/mol. The molecule has 0 aromatic heterocycles. The van der Waals surface area contributed by atoms with Crippen LogP contribution in [-0.2, 0) is 6.42 Å². The van der Waals surface area contributed by atoms with Crippen LogP contribution in [0.2, 0.25) is 0 Å². The minimum Gasteiger partial charge on any atom is -0.496 e. The van der Waals surface area contributed by atoms with Gasteiger partial charge in [-0.15, -0.1) is 0 Å². The monoisotopic (exact) mass is 236 g/mol. The Balaban J connectivity index is 2.42. The van der Waals surface area contributed by atoms with E-state index in [0.29, 0.717) is 6.54 Å². The average Bonchev–Trinajstić information content (AvgIpc) is 2.70. The summed E-state index contributed by atoms with van der Waals surface area (Å²) >= 11 is 0. The molecular formula is C13H20N2O2. The van der Waals surface area contributed by atoms with Crippen molar-refractivity contribution in [2.24, 2.45) is 0 Å². The van der Waals surface area contributed by atoms with Crippen molar-refractivity contribution in [2.75, 3.05) is 39.2 Å². The SMILES string of the molecule is CNCC(O)c1ccc2c(c1OC)CCN2C. The standard InChI is InChI=1S/C13H20N2O2/c1-14-8-12(16)10-4-5-11-9(13(10)17-3)6-7-15(11)2/h4-5,12,14,16H,6-8H2,1-3H3. The van der Waals surface area contributed by atoms with Gasteiger partial charge in [-0.1, -0.05) is 6.07 Å². The van der Waals surface area contributed by atoms with Crippen molar-refractivity contribution in [1.82, 2.24) is 5.32 Å². The second-order valence-electron chi connectivity index (χ2n) is 4.43. The molecule has 0 aliphatic carbocycles. The van der Waals surface area contributed by atoms with Crippen molar-refractivity contribution in [3.05, 3.63) is 23.3 Å². The molecule has 4 nitrogen and oxygen atoms in total. The minimum absolute atomic E-state index is 0.522. The molecule has 1 aromatic rings. The van der Waals surface area contributed by atoms with E-state index in [2.05, 4.69) is 23.3 Å². The molecule has 2 rings (SSSR count). The lowest BCUT2D eigenvalue weighted by molar-refractivity contribution is 0.173. The van der Waals surface area contributed by atoms with Crippen LogP contribution < -0.4 is 15.0 Å². The molecule has 17 heavy (non-hydrogen) atoms. The van der Waals surface area contributed by atoms with E-state index in [1.807, 2.05) is 13.1 Å². The van der Waals surface area contributed by atoms with Gasteiger partial charge >= 0.3 is 0 Å². The maximum atomic E-state index is 10.1. The maximum absolute atomic E-state index is 10.1. The topological polar surface area (TPSA) is 44.7 Å². The third-order valence-corrected chi connectivity index (χ3v) is 3.34. The summed E-state index contributed by atoms with van der Waals surface area (Å²) < 4.78 is 5.49. The zero-order valence-electron chi connectivity index (χ0n) is 10.7. The molecule has 4 heteroatoms. The summed E-state index contributed by atoms with van der Waals surface area (Å²) in [6.45, 7) is 1.54.